The van der Waals surface area contributed by atoms with Crippen molar-refractivity contribution in [3.63, 3.8) is 0 Å². The average molecular weight is 274 g/mol. The van der Waals surface area contributed by atoms with Crippen LogP contribution in [-0.4, -0.2) is 53.6 Å². The molecule has 0 unspecified atom stereocenters. The Balaban J connectivity index is 2.03. The molecule has 0 saturated carbocycles. The normalized spacial score (nSPS) is 15.7. The van der Waals surface area contributed by atoms with Gasteiger partial charge in [-0.3, -0.25) is 14.4 Å². The van der Waals surface area contributed by atoms with Crippen LogP contribution in [0, 0.1) is 6.92 Å². The summed E-state index contributed by atoms with van der Waals surface area (Å²) in [6.07, 6.45) is 0. The molecule has 0 spiro atoms. The van der Waals surface area contributed by atoms with E-state index in [-0.39, 0.29) is 37.2 Å². The highest BCUT2D eigenvalue weighted by Crippen LogP contribution is 2.09. The molecule has 0 bridgehead atoms. The standard InChI is InChI=1S/C15H18N2O3/c1-3-16-9-15(20)17(10-14(16)19)8-13(18)12-6-4-11(2)5-7-12/h4-7H,3,8-10H2,1-2H3. The van der Waals surface area contributed by atoms with E-state index in [1.54, 1.807) is 12.1 Å². The van der Waals surface area contributed by atoms with Crippen LogP contribution in [-0.2, 0) is 9.59 Å². The molecule has 2 amide bonds. The minimum Gasteiger partial charge on any atom is -0.332 e. The lowest BCUT2D eigenvalue weighted by Crippen LogP contribution is -2.54. The summed E-state index contributed by atoms with van der Waals surface area (Å²) in [5.41, 5.74) is 1.64. The molecule has 2 rings (SSSR count). The summed E-state index contributed by atoms with van der Waals surface area (Å²) < 4.78 is 0. The van der Waals surface area contributed by atoms with Crippen molar-refractivity contribution in [2.75, 3.05) is 26.2 Å². The fourth-order valence-electron chi connectivity index (χ4n) is 2.14. The van der Waals surface area contributed by atoms with Crippen molar-refractivity contribution in [3.05, 3.63) is 35.4 Å². The van der Waals surface area contributed by atoms with Crippen LogP contribution in [0.25, 0.3) is 0 Å². The number of ketones is 1. The van der Waals surface area contributed by atoms with Gasteiger partial charge in [-0.05, 0) is 13.8 Å². The van der Waals surface area contributed by atoms with Gasteiger partial charge in [0.15, 0.2) is 5.78 Å². The molecule has 1 heterocycles. The van der Waals surface area contributed by atoms with Crippen LogP contribution in [0.3, 0.4) is 0 Å². The van der Waals surface area contributed by atoms with Crippen LogP contribution < -0.4 is 0 Å². The number of likely N-dealkylation sites (N-methyl/N-ethyl adjacent to an activating group) is 1. The van der Waals surface area contributed by atoms with Crippen LogP contribution in [0.4, 0.5) is 0 Å². The zero-order valence-corrected chi connectivity index (χ0v) is 11.8. The fourth-order valence-corrected chi connectivity index (χ4v) is 2.14. The number of rotatable bonds is 4. The first-order valence-electron chi connectivity index (χ1n) is 6.66. The summed E-state index contributed by atoms with van der Waals surface area (Å²) in [4.78, 5) is 38.6. The molecule has 1 fully saturated rings. The summed E-state index contributed by atoms with van der Waals surface area (Å²) in [6.45, 7) is 4.31. The number of hydrogen-bond acceptors (Lipinski definition) is 3. The Labute approximate surface area is 118 Å². The van der Waals surface area contributed by atoms with Crippen LogP contribution >= 0.6 is 0 Å². The van der Waals surface area contributed by atoms with E-state index >= 15 is 0 Å². The Kier molecular flexibility index (Phi) is 4.17. The lowest BCUT2D eigenvalue weighted by molar-refractivity contribution is -0.149. The zero-order chi connectivity index (χ0) is 14.7. The summed E-state index contributed by atoms with van der Waals surface area (Å²) >= 11 is 0. The first-order valence-corrected chi connectivity index (χ1v) is 6.66. The van der Waals surface area contributed by atoms with Crippen LogP contribution in [0.15, 0.2) is 24.3 Å². The van der Waals surface area contributed by atoms with Crippen molar-refractivity contribution < 1.29 is 14.4 Å². The van der Waals surface area contributed by atoms with Gasteiger partial charge in [0.05, 0.1) is 13.1 Å². The minimum absolute atomic E-state index is 0.00965. The van der Waals surface area contributed by atoms with E-state index in [9.17, 15) is 14.4 Å². The average Bonchev–Trinajstić information content (AvgIpc) is 2.43. The summed E-state index contributed by atoms with van der Waals surface area (Å²) in [7, 11) is 0. The number of carbonyl (C=O) groups is 3. The largest absolute Gasteiger partial charge is 0.332 e. The van der Waals surface area contributed by atoms with Crippen molar-refractivity contribution in [2.24, 2.45) is 0 Å². The number of nitrogens with zero attached hydrogens (tertiary/aromatic N) is 2. The minimum atomic E-state index is -0.174. The molecule has 1 aliphatic rings. The smallest absolute Gasteiger partial charge is 0.243 e. The molecule has 0 N–H and O–H groups in total. The Morgan fingerprint density at radius 3 is 2.20 bits per heavy atom. The molecule has 1 aromatic carbocycles. The Bertz CT molecular complexity index is 537. The second-order valence-corrected chi connectivity index (χ2v) is 4.95. The van der Waals surface area contributed by atoms with Gasteiger partial charge in [-0.1, -0.05) is 29.8 Å². The first kappa shape index (κ1) is 14.2. The van der Waals surface area contributed by atoms with E-state index in [1.165, 1.54) is 9.80 Å². The van der Waals surface area contributed by atoms with Gasteiger partial charge >= 0.3 is 0 Å². The van der Waals surface area contributed by atoms with Crippen molar-refractivity contribution in [1.29, 1.82) is 0 Å². The highest BCUT2D eigenvalue weighted by atomic mass is 16.2. The molecular weight excluding hydrogens is 256 g/mol. The summed E-state index contributed by atoms with van der Waals surface area (Å²) in [6, 6.07) is 7.20. The Hall–Kier alpha value is -2.17. The summed E-state index contributed by atoms with van der Waals surface area (Å²) in [5, 5.41) is 0. The lowest BCUT2D eigenvalue weighted by Gasteiger charge is -2.32. The number of carbonyl (C=O) groups excluding carboxylic acids is 3. The second-order valence-electron chi connectivity index (χ2n) is 4.95. The number of aryl methyl sites for hydroxylation is 1. The van der Waals surface area contributed by atoms with E-state index in [0.717, 1.165) is 5.56 Å². The molecule has 0 radical (unpaired) electrons. The lowest BCUT2D eigenvalue weighted by atomic mass is 10.1. The topological polar surface area (TPSA) is 57.7 Å². The van der Waals surface area contributed by atoms with Gasteiger partial charge in [-0.2, -0.15) is 0 Å². The third kappa shape index (κ3) is 3.04. The van der Waals surface area contributed by atoms with Gasteiger partial charge in [0.1, 0.15) is 6.54 Å². The second kappa shape index (κ2) is 5.86. The monoisotopic (exact) mass is 274 g/mol. The zero-order valence-electron chi connectivity index (χ0n) is 11.8. The maximum atomic E-state index is 12.1. The highest BCUT2D eigenvalue weighted by Gasteiger charge is 2.30. The molecule has 5 heteroatoms. The van der Waals surface area contributed by atoms with E-state index in [1.807, 2.05) is 26.0 Å². The number of amides is 2. The first-order chi connectivity index (χ1) is 9.51. The van der Waals surface area contributed by atoms with Crippen LogP contribution in [0.2, 0.25) is 0 Å². The van der Waals surface area contributed by atoms with Crippen molar-refractivity contribution in [2.45, 2.75) is 13.8 Å². The van der Waals surface area contributed by atoms with Gasteiger partial charge in [-0.25, -0.2) is 0 Å². The molecule has 20 heavy (non-hydrogen) atoms. The molecule has 106 valence electrons. The molecule has 0 atom stereocenters. The van der Waals surface area contributed by atoms with Crippen LogP contribution in [0.5, 0.6) is 0 Å². The predicted octanol–water partition coefficient (Wildman–Crippen LogP) is 0.868. The van der Waals surface area contributed by atoms with E-state index in [0.29, 0.717) is 12.1 Å². The van der Waals surface area contributed by atoms with Gasteiger partial charge < -0.3 is 9.80 Å². The molecule has 1 aliphatic heterocycles. The van der Waals surface area contributed by atoms with Gasteiger partial charge in [0.2, 0.25) is 11.8 Å². The fraction of sp³-hybridized carbons (Fsp3) is 0.400. The number of benzene rings is 1. The maximum absolute atomic E-state index is 12.1. The van der Waals surface area contributed by atoms with Gasteiger partial charge in [0, 0.05) is 12.1 Å². The molecule has 1 aromatic rings. The number of piperazine rings is 1. The molecular formula is C15H18N2O3. The summed E-state index contributed by atoms with van der Waals surface area (Å²) in [5.74, 6) is -0.424. The van der Waals surface area contributed by atoms with Crippen molar-refractivity contribution in [3.8, 4) is 0 Å². The highest BCUT2D eigenvalue weighted by molar-refractivity contribution is 6.01. The maximum Gasteiger partial charge on any atom is 0.243 e. The Morgan fingerprint density at radius 1 is 1.05 bits per heavy atom. The van der Waals surface area contributed by atoms with Crippen LogP contribution in [0.1, 0.15) is 22.8 Å². The molecule has 1 saturated heterocycles. The third-order valence-corrected chi connectivity index (χ3v) is 3.45. The van der Waals surface area contributed by atoms with Crippen molar-refractivity contribution >= 4 is 17.6 Å². The Morgan fingerprint density at radius 2 is 1.60 bits per heavy atom. The van der Waals surface area contributed by atoms with E-state index in [2.05, 4.69) is 0 Å². The molecule has 0 aliphatic carbocycles. The van der Waals surface area contributed by atoms with Gasteiger partial charge in [-0.15, -0.1) is 0 Å². The molecule has 0 aromatic heterocycles. The van der Waals surface area contributed by atoms with E-state index < -0.39 is 0 Å². The quantitative estimate of drug-likeness (QED) is 0.765. The predicted molar refractivity (Wildman–Crippen MR) is 74.3 cm³/mol. The third-order valence-electron chi connectivity index (χ3n) is 3.45. The number of Topliss-reactive ketones (excluding diaryl/α,β-unsaturated/α-hetero) is 1. The van der Waals surface area contributed by atoms with E-state index in [4.69, 9.17) is 0 Å². The van der Waals surface area contributed by atoms with Gasteiger partial charge in [0.25, 0.3) is 0 Å². The molecule has 5 nitrogen and oxygen atoms in total. The van der Waals surface area contributed by atoms with Crippen molar-refractivity contribution in [1.82, 2.24) is 9.80 Å². The number of hydrogen-bond donors (Lipinski definition) is 0. The SMILES string of the molecule is CCN1CC(=O)N(CC(=O)c2ccc(C)cc2)CC1=O.